The van der Waals surface area contributed by atoms with Crippen molar-refractivity contribution in [3.63, 3.8) is 0 Å². The van der Waals surface area contributed by atoms with Gasteiger partial charge in [-0.25, -0.2) is 0 Å². The number of allylic oxidation sites excluding steroid dienone is 2. The fraction of sp³-hybridized carbons (Fsp3) is 0.484. The molecule has 4 rings (SSSR count). The molecule has 2 aliphatic heterocycles. The van der Waals surface area contributed by atoms with Crippen LogP contribution in [0.25, 0.3) is 0 Å². The number of hydrogen-bond acceptors (Lipinski definition) is 5. The average Bonchev–Trinajstić information content (AvgIpc) is 2.87. The maximum absolute atomic E-state index is 13.6. The van der Waals surface area contributed by atoms with E-state index < -0.39 is 12.5 Å². The fourth-order valence-corrected chi connectivity index (χ4v) is 5.64. The predicted octanol–water partition coefficient (Wildman–Crippen LogP) is 6.18. The molecule has 1 N–H and O–H groups in total. The summed E-state index contributed by atoms with van der Waals surface area (Å²) >= 11 is 0. The molecule has 0 unspecified atom stereocenters. The maximum atomic E-state index is 13.6. The van der Waals surface area contributed by atoms with E-state index in [2.05, 4.69) is 33.8 Å². The Balaban J connectivity index is 1.64. The van der Waals surface area contributed by atoms with Gasteiger partial charge in [0.15, 0.2) is 0 Å². The number of hydrogen-bond donors (Lipinski definition) is 1. The first-order chi connectivity index (χ1) is 18.1. The van der Waals surface area contributed by atoms with E-state index in [0.717, 1.165) is 42.6 Å². The molecule has 0 radical (unpaired) electrons. The van der Waals surface area contributed by atoms with E-state index in [1.165, 1.54) is 10.5 Å². The zero-order valence-corrected chi connectivity index (χ0v) is 23.0. The molecule has 4 atom stereocenters. The summed E-state index contributed by atoms with van der Waals surface area (Å²) in [6.07, 6.45) is 5.92. The van der Waals surface area contributed by atoms with Crippen LogP contribution in [0.3, 0.4) is 0 Å². The number of nitrogens with zero attached hydrogens (tertiary/aromatic N) is 1. The summed E-state index contributed by atoms with van der Waals surface area (Å²) in [5.74, 6) is 0.121. The molecular formula is C31H39NO6. The molecule has 2 heterocycles. The Morgan fingerprint density at radius 2 is 1.97 bits per heavy atom. The van der Waals surface area contributed by atoms with Gasteiger partial charge in [-0.05, 0) is 89.3 Å². The summed E-state index contributed by atoms with van der Waals surface area (Å²) in [6.45, 7) is 8.21. The average molecular weight is 522 g/mol. The number of fused-ring (bicyclic) bond motifs is 3. The third-order valence-corrected chi connectivity index (χ3v) is 7.63. The minimum absolute atomic E-state index is 0.111. The van der Waals surface area contributed by atoms with Crippen molar-refractivity contribution in [2.24, 2.45) is 5.92 Å². The van der Waals surface area contributed by atoms with Gasteiger partial charge < -0.3 is 24.2 Å². The Kier molecular flexibility index (Phi) is 8.46. The molecule has 1 amide bonds. The minimum atomic E-state index is -1.07. The number of rotatable bonds is 9. The summed E-state index contributed by atoms with van der Waals surface area (Å²) in [4.78, 5) is 26.6. The second kappa shape index (κ2) is 11.6. The molecule has 2 aromatic rings. The lowest BCUT2D eigenvalue weighted by atomic mass is 9.72. The molecule has 7 heteroatoms. The first-order valence-corrected chi connectivity index (χ1v) is 13.4. The van der Waals surface area contributed by atoms with E-state index in [-0.39, 0.29) is 36.2 Å². The molecule has 0 spiro atoms. The number of benzene rings is 2. The van der Waals surface area contributed by atoms with Crippen LogP contribution in [0.2, 0.25) is 0 Å². The quantitative estimate of drug-likeness (QED) is 0.397. The first-order valence-electron chi connectivity index (χ1n) is 13.4. The molecule has 0 aliphatic carbocycles. The van der Waals surface area contributed by atoms with Gasteiger partial charge in [0.05, 0.1) is 19.3 Å². The van der Waals surface area contributed by atoms with E-state index in [0.29, 0.717) is 11.3 Å². The highest BCUT2D eigenvalue weighted by Gasteiger charge is 2.49. The van der Waals surface area contributed by atoms with E-state index in [9.17, 15) is 14.7 Å². The summed E-state index contributed by atoms with van der Waals surface area (Å²) < 4.78 is 18.4. The van der Waals surface area contributed by atoms with Crippen molar-refractivity contribution in [3.8, 4) is 11.5 Å². The van der Waals surface area contributed by atoms with Gasteiger partial charge >= 0.3 is 5.97 Å². The molecule has 0 saturated carbocycles. The summed E-state index contributed by atoms with van der Waals surface area (Å²) in [6, 6.07) is 12.7. The van der Waals surface area contributed by atoms with E-state index >= 15 is 0 Å². The second-order valence-corrected chi connectivity index (χ2v) is 10.9. The lowest BCUT2D eigenvalue weighted by molar-refractivity contribution is -0.152. The van der Waals surface area contributed by atoms with Gasteiger partial charge in [0, 0.05) is 23.6 Å². The van der Waals surface area contributed by atoms with Crippen LogP contribution in [0.1, 0.15) is 81.0 Å². The molecule has 38 heavy (non-hydrogen) atoms. The molecule has 0 bridgehead atoms. The van der Waals surface area contributed by atoms with Crippen molar-refractivity contribution in [1.29, 1.82) is 0 Å². The van der Waals surface area contributed by atoms with Crippen LogP contribution in [-0.2, 0) is 16.1 Å². The Morgan fingerprint density at radius 1 is 1.18 bits per heavy atom. The van der Waals surface area contributed by atoms with Gasteiger partial charge in [0.25, 0.3) is 5.91 Å². The number of ether oxygens (including phenoxy) is 3. The number of amides is 1. The standard InChI is InChI=1S/C31H39NO6/c1-20(2)8-7-15-31(4)26-13-11-21(3)37-29(26)25-17-23(12-14-27(25)38-31)30(35)32(19-28(33)34)18-22-9-6-10-24(16-22)36-5/h6,8-10,12,14,16-17,21,26,29H,7,11,13,15,18-19H2,1-5H3,(H,33,34)/t21-,26-,29+,31-/m1/s1. The van der Waals surface area contributed by atoms with Gasteiger partial charge in [-0.1, -0.05) is 23.8 Å². The van der Waals surface area contributed by atoms with Gasteiger partial charge in [-0.15, -0.1) is 0 Å². The Bertz CT molecular complexity index is 1200. The highest BCUT2D eigenvalue weighted by atomic mass is 16.5. The second-order valence-electron chi connectivity index (χ2n) is 10.9. The molecule has 204 valence electrons. The van der Waals surface area contributed by atoms with Crippen molar-refractivity contribution >= 4 is 11.9 Å². The van der Waals surface area contributed by atoms with Crippen LogP contribution >= 0.6 is 0 Å². The molecule has 0 aromatic heterocycles. The van der Waals surface area contributed by atoms with Crippen LogP contribution in [0.5, 0.6) is 11.5 Å². The van der Waals surface area contributed by atoms with Gasteiger partial charge in [0.2, 0.25) is 0 Å². The third-order valence-electron chi connectivity index (χ3n) is 7.63. The van der Waals surface area contributed by atoms with Gasteiger partial charge in [0.1, 0.15) is 23.6 Å². The highest BCUT2D eigenvalue weighted by Crippen LogP contribution is 2.52. The van der Waals surface area contributed by atoms with Crippen molar-refractivity contribution in [2.45, 2.75) is 77.7 Å². The van der Waals surface area contributed by atoms with Crippen molar-refractivity contribution in [3.05, 3.63) is 70.8 Å². The van der Waals surface area contributed by atoms with Crippen LogP contribution in [0.15, 0.2) is 54.1 Å². The maximum Gasteiger partial charge on any atom is 0.323 e. The zero-order valence-electron chi connectivity index (χ0n) is 23.0. The number of carbonyl (C=O) groups is 2. The molecule has 1 saturated heterocycles. The van der Waals surface area contributed by atoms with Crippen LogP contribution < -0.4 is 9.47 Å². The van der Waals surface area contributed by atoms with E-state index in [1.54, 1.807) is 19.2 Å². The lowest BCUT2D eigenvalue weighted by Gasteiger charge is -2.50. The Labute approximate surface area is 225 Å². The van der Waals surface area contributed by atoms with Crippen molar-refractivity contribution in [2.75, 3.05) is 13.7 Å². The van der Waals surface area contributed by atoms with Gasteiger partial charge in [-0.2, -0.15) is 0 Å². The Hall–Kier alpha value is -3.32. The van der Waals surface area contributed by atoms with E-state index in [4.69, 9.17) is 14.2 Å². The normalized spacial score (nSPS) is 23.9. The predicted molar refractivity (Wildman–Crippen MR) is 146 cm³/mol. The number of carboxylic acids is 1. The minimum Gasteiger partial charge on any atom is -0.497 e. The SMILES string of the molecule is COc1cccc(CN(CC(=O)O)C(=O)c2ccc3c(c2)[C@@H]2O[C@H](C)CC[C@H]2[C@@](C)(CCC=C(C)C)O3)c1. The smallest absolute Gasteiger partial charge is 0.323 e. The van der Waals surface area contributed by atoms with Crippen LogP contribution in [0, 0.1) is 5.92 Å². The largest absolute Gasteiger partial charge is 0.497 e. The first kappa shape index (κ1) is 27.7. The Morgan fingerprint density at radius 3 is 2.68 bits per heavy atom. The van der Waals surface area contributed by atoms with Crippen LogP contribution in [-0.4, -0.2) is 47.2 Å². The number of carbonyl (C=O) groups excluding carboxylic acids is 1. The number of methoxy groups -OCH3 is 1. The van der Waals surface area contributed by atoms with E-state index in [1.807, 2.05) is 30.3 Å². The number of carboxylic acid groups (broad SMARTS) is 1. The molecule has 2 aromatic carbocycles. The third kappa shape index (κ3) is 6.21. The lowest BCUT2D eigenvalue weighted by Crippen LogP contribution is -2.50. The van der Waals surface area contributed by atoms with Crippen molar-refractivity contribution in [1.82, 2.24) is 4.90 Å². The highest BCUT2D eigenvalue weighted by molar-refractivity contribution is 5.96. The molecular weight excluding hydrogens is 482 g/mol. The van der Waals surface area contributed by atoms with Crippen molar-refractivity contribution < 1.29 is 28.9 Å². The van der Waals surface area contributed by atoms with Gasteiger partial charge in [-0.3, -0.25) is 9.59 Å². The summed E-state index contributed by atoms with van der Waals surface area (Å²) in [7, 11) is 1.57. The summed E-state index contributed by atoms with van der Waals surface area (Å²) in [5.41, 5.74) is 2.99. The zero-order chi connectivity index (χ0) is 27.4. The molecule has 2 aliphatic rings. The number of aliphatic carboxylic acids is 1. The monoisotopic (exact) mass is 521 g/mol. The molecule has 1 fully saturated rings. The topological polar surface area (TPSA) is 85.3 Å². The fourth-order valence-electron chi connectivity index (χ4n) is 5.64. The molecule has 7 nitrogen and oxygen atoms in total. The summed E-state index contributed by atoms with van der Waals surface area (Å²) in [5, 5.41) is 9.53. The van der Waals surface area contributed by atoms with Crippen LogP contribution in [0.4, 0.5) is 0 Å².